The van der Waals surface area contributed by atoms with Crippen molar-refractivity contribution in [3.05, 3.63) is 23.8 Å². The Morgan fingerprint density at radius 3 is 2.31 bits per heavy atom. The third-order valence-corrected chi connectivity index (χ3v) is 2.84. The van der Waals surface area contributed by atoms with Crippen molar-refractivity contribution >= 4 is 12.1 Å². The monoisotopic (exact) mass is 379 g/mol. The van der Waals surface area contributed by atoms with Gasteiger partial charge in [0.25, 0.3) is 0 Å². The van der Waals surface area contributed by atoms with Gasteiger partial charge in [0.15, 0.2) is 18.1 Å². The van der Waals surface area contributed by atoms with E-state index in [1.54, 1.807) is 20.8 Å². The summed E-state index contributed by atoms with van der Waals surface area (Å²) in [6, 6.07) is 2.09. The number of hydrogen-bond acceptors (Lipinski definition) is 5. The fourth-order valence-electron chi connectivity index (χ4n) is 1.86. The van der Waals surface area contributed by atoms with Crippen molar-refractivity contribution in [3.63, 3.8) is 0 Å². The molecule has 7 nitrogen and oxygen atoms in total. The number of nitrogens with one attached hydrogen (secondary N) is 1. The van der Waals surface area contributed by atoms with Gasteiger partial charge in [0.05, 0.1) is 0 Å². The van der Waals surface area contributed by atoms with Crippen LogP contribution < -0.4 is 10.1 Å². The van der Waals surface area contributed by atoms with Crippen LogP contribution in [0.2, 0.25) is 0 Å². The predicted octanol–water partition coefficient (Wildman–Crippen LogP) is 2.85. The minimum atomic E-state index is -4.56. The van der Waals surface area contributed by atoms with Crippen molar-refractivity contribution in [1.82, 2.24) is 5.32 Å². The Bertz CT molecular complexity index is 654. The highest BCUT2D eigenvalue weighted by Gasteiger charge is 2.29. The second-order valence-corrected chi connectivity index (χ2v) is 6.45. The summed E-state index contributed by atoms with van der Waals surface area (Å²) in [4.78, 5) is 23.0. The lowest BCUT2D eigenvalue weighted by atomic mass is 10.1. The maximum Gasteiger partial charge on any atom is 0.422 e. The first-order chi connectivity index (χ1) is 11.8. The fraction of sp³-hybridized carbons (Fsp3) is 0.500. The number of carboxylic acid groups (broad SMARTS) is 1. The largest absolute Gasteiger partial charge is 0.504 e. The van der Waals surface area contributed by atoms with Crippen LogP contribution in [0.4, 0.5) is 18.0 Å². The topological polar surface area (TPSA) is 105 Å². The molecule has 1 atom stereocenters. The van der Waals surface area contributed by atoms with Gasteiger partial charge in [-0.05, 0) is 38.5 Å². The van der Waals surface area contributed by atoms with E-state index in [9.17, 15) is 33.0 Å². The van der Waals surface area contributed by atoms with Crippen LogP contribution in [0.5, 0.6) is 11.5 Å². The number of carbonyl (C=O) groups excluding carboxylic acids is 1. The third kappa shape index (κ3) is 7.95. The molecule has 3 N–H and O–H groups in total. The highest BCUT2D eigenvalue weighted by atomic mass is 19.4. The number of phenolic OH excluding ortho intramolecular Hbond substituents is 1. The zero-order chi connectivity index (χ0) is 20.1. The maximum atomic E-state index is 12.1. The Morgan fingerprint density at radius 1 is 1.23 bits per heavy atom. The number of alkyl carbamates (subject to hydrolysis) is 1. The third-order valence-electron chi connectivity index (χ3n) is 2.84. The maximum absolute atomic E-state index is 12.1. The zero-order valence-corrected chi connectivity index (χ0v) is 14.4. The number of aromatic hydroxyl groups is 1. The molecule has 1 aromatic rings. The van der Waals surface area contributed by atoms with E-state index in [2.05, 4.69) is 10.1 Å². The number of benzene rings is 1. The highest BCUT2D eigenvalue weighted by molar-refractivity contribution is 5.80. The standard InChI is InChI=1S/C16H20F3NO6/c1-15(2,3)26-14(24)20-10(13(22)23)6-9-4-5-12(11(21)7-9)25-8-16(17,18)19/h4-5,7,10,21H,6,8H2,1-3H3,(H,20,24)(H,22,23). The van der Waals surface area contributed by atoms with E-state index in [-0.39, 0.29) is 12.0 Å². The summed E-state index contributed by atoms with van der Waals surface area (Å²) in [5.41, 5.74) is -0.548. The molecule has 0 radical (unpaired) electrons. The molecule has 146 valence electrons. The van der Waals surface area contributed by atoms with Gasteiger partial charge in [-0.3, -0.25) is 0 Å². The number of amides is 1. The minimum absolute atomic E-state index is 0.221. The van der Waals surface area contributed by atoms with Gasteiger partial charge >= 0.3 is 18.2 Å². The average Bonchev–Trinajstić information content (AvgIpc) is 2.42. The van der Waals surface area contributed by atoms with Crippen LogP contribution in [0.15, 0.2) is 18.2 Å². The fourth-order valence-corrected chi connectivity index (χ4v) is 1.86. The molecule has 0 aliphatic rings. The van der Waals surface area contributed by atoms with Crippen molar-refractivity contribution in [2.45, 2.75) is 45.0 Å². The van der Waals surface area contributed by atoms with Crippen LogP contribution in [0.3, 0.4) is 0 Å². The summed E-state index contributed by atoms with van der Waals surface area (Å²) in [6.45, 7) is 3.26. The second-order valence-electron chi connectivity index (χ2n) is 6.45. The summed E-state index contributed by atoms with van der Waals surface area (Å²) in [7, 11) is 0. The molecule has 1 amide bonds. The molecule has 1 rings (SSSR count). The Kier molecular flexibility index (Phi) is 6.71. The SMILES string of the molecule is CC(C)(C)OC(=O)NC(Cc1ccc(OCC(F)(F)F)c(O)c1)C(=O)O. The van der Waals surface area contributed by atoms with Gasteiger partial charge in [0.1, 0.15) is 11.6 Å². The molecule has 0 aliphatic carbocycles. The van der Waals surface area contributed by atoms with Gasteiger partial charge in [-0.2, -0.15) is 13.2 Å². The van der Waals surface area contributed by atoms with Crippen LogP contribution in [-0.4, -0.2) is 46.7 Å². The molecule has 0 heterocycles. The minimum Gasteiger partial charge on any atom is -0.504 e. The van der Waals surface area contributed by atoms with Gasteiger partial charge in [-0.25, -0.2) is 9.59 Å². The van der Waals surface area contributed by atoms with E-state index in [1.165, 1.54) is 6.07 Å². The molecule has 0 saturated heterocycles. The van der Waals surface area contributed by atoms with E-state index in [0.717, 1.165) is 12.1 Å². The molecular weight excluding hydrogens is 359 g/mol. The lowest BCUT2D eigenvalue weighted by Gasteiger charge is -2.22. The van der Waals surface area contributed by atoms with Crippen molar-refractivity contribution in [2.75, 3.05) is 6.61 Å². The normalized spacial score (nSPS) is 13.0. The van der Waals surface area contributed by atoms with E-state index in [1.807, 2.05) is 0 Å². The number of hydrogen-bond donors (Lipinski definition) is 3. The number of carboxylic acids is 1. The second kappa shape index (κ2) is 8.15. The van der Waals surface area contributed by atoms with Crippen LogP contribution >= 0.6 is 0 Å². The van der Waals surface area contributed by atoms with Crippen molar-refractivity contribution < 1.29 is 42.4 Å². The number of aliphatic carboxylic acids is 1. The molecule has 0 fully saturated rings. The molecule has 0 bridgehead atoms. The predicted molar refractivity (Wildman–Crippen MR) is 84.2 cm³/mol. The van der Waals surface area contributed by atoms with Crippen LogP contribution in [0.1, 0.15) is 26.3 Å². The Hall–Kier alpha value is -2.65. The average molecular weight is 379 g/mol. The number of ether oxygens (including phenoxy) is 2. The molecule has 1 unspecified atom stereocenters. The van der Waals surface area contributed by atoms with Gasteiger partial charge in [-0.15, -0.1) is 0 Å². The van der Waals surface area contributed by atoms with Crippen LogP contribution in [0, 0.1) is 0 Å². The van der Waals surface area contributed by atoms with E-state index in [4.69, 9.17) is 4.74 Å². The lowest BCUT2D eigenvalue weighted by molar-refractivity contribution is -0.153. The molecule has 0 spiro atoms. The molecule has 26 heavy (non-hydrogen) atoms. The number of rotatable bonds is 6. The van der Waals surface area contributed by atoms with Gasteiger partial charge in [0.2, 0.25) is 0 Å². The molecule has 0 aliphatic heterocycles. The molecule has 0 saturated carbocycles. The number of halogens is 3. The van der Waals surface area contributed by atoms with Gasteiger partial charge < -0.3 is 25.0 Å². The Labute approximate surface area is 147 Å². The lowest BCUT2D eigenvalue weighted by Crippen LogP contribution is -2.44. The molecule has 0 aromatic heterocycles. The Morgan fingerprint density at radius 2 is 1.85 bits per heavy atom. The molecule has 1 aromatic carbocycles. The Balaban J connectivity index is 2.79. The first-order valence-corrected chi connectivity index (χ1v) is 7.50. The summed E-state index contributed by atoms with van der Waals surface area (Å²) in [5.74, 6) is -2.31. The summed E-state index contributed by atoms with van der Waals surface area (Å²) < 4.78 is 45.8. The van der Waals surface area contributed by atoms with Gasteiger partial charge in [-0.1, -0.05) is 6.07 Å². The van der Waals surface area contributed by atoms with Crippen LogP contribution in [0.25, 0.3) is 0 Å². The van der Waals surface area contributed by atoms with E-state index in [0.29, 0.717) is 0 Å². The number of alkyl halides is 3. The first-order valence-electron chi connectivity index (χ1n) is 7.50. The summed E-state index contributed by atoms with van der Waals surface area (Å²) in [6.07, 6.45) is -5.71. The quantitative estimate of drug-likeness (QED) is 0.702. The van der Waals surface area contributed by atoms with Crippen molar-refractivity contribution in [3.8, 4) is 11.5 Å². The van der Waals surface area contributed by atoms with E-state index < -0.39 is 48.0 Å². The van der Waals surface area contributed by atoms with Crippen molar-refractivity contribution in [2.24, 2.45) is 0 Å². The highest BCUT2D eigenvalue weighted by Crippen LogP contribution is 2.29. The summed E-state index contributed by atoms with van der Waals surface area (Å²) in [5, 5.41) is 21.1. The number of carbonyl (C=O) groups is 2. The van der Waals surface area contributed by atoms with Gasteiger partial charge in [0, 0.05) is 6.42 Å². The smallest absolute Gasteiger partial charge is 0.422 e. The van der Waals surface area contributed by atoms with Crippen molar-refractivity contribution in [1.29, 1.82) is 0 Å². The van der Waals surface area contributed by atoms with E-state index >= 15 is 0 Å². The van der Waals surface area contributed by atoms with Crippen LogP contribution in [-0.2, 0) is 16.0 Å². The molecule has 10 heteroatoms. The zero-order valence-electron chi connectivity index (χ0n) is 14.4. The number of phenols is 1. The summed E-state index contributed by atoms with van der Waals surface area (Å²) >= 11 is 0. The first kappa shape index (κ1) is 21.4. The molecular formula is C16H20F3NO6.